The molecule has 1 aromatic heterocycles. The van der Waals surface area contributed by atoms with E-state index in [1.165, 1.54) is 0 Å². The molecule has 0 aliphatic carbocycles. The minimum Gasteiger partial charge on any atom is -0.372 e. The molecule has 0 fully saturated rings. The van der Waals surface area contributed by atoms with Gasteiger partial charge in [-0.15, -0.1) is 0 Å². The minimum atomic E-state index is -0.664. The largest absolute Gasteiger partial charge is 0.372 e. The van der Waals surface area contributed by atoms with Gasteiger partial charge in [0.15, 0.2) is 0 Å². The molecule has 1 unspecified atom stereocenters. The second-order valence-electron chi connectivity index (χ2n) is 4.61. The number of aliphatic hydroxyl groups is 1. The molecule has 3 rings (SSSR count). The zero-order chi connectivity index (χ0) is 13.2. The maximum absolute atomic E-state index is 9.83. The maximum Gasteiger partial charge on any atom is 0.144 e. The van der Waals surface area contributed by atoms with Crippen molar-refractivity contribution in [1.29, 1.82) is 0 Å². The molecule has 2 aromatic rings. The number of hydrogen-bond donors (Lipinski definition) is 2. The molecular weight excluding hydrogens is 238 g/mol. The van der Waals surface area contributed by atoms with E-state index in [0.717, 1.165) is 28.2 Å². The molecule has 2 N–H and O–H groups in total. The van der Waals surface area contributed by atoms with Gasteiger partial charge in [-0.05, 0) is 31.2 Å². The number of aliphatic imine (C=N–C) groups is 1. The van der Waals surface area contributed by atoms with E-state index in [1.54, 1.807) is 6.20 Å². The van der Waals surface area contributed by atoms with E-state index >= 15 is 0 Å². The van der Waals surface area contributed by atoms with Crippen molar-refractivity contribution in [3.8, 4) is 0 Å². The molecule has 0 saturated carbocycles. The van der Waals surface area contributed by atoms with Crippen molar-refractivity contribution >= 4 is 11.4 Å². The number of aliphatic hydroxyl groups excluding tert-OH is 1. The third-order valence-electron chi connectivity index (χ3n) is 3.08. The molecule has 1 atom stereocenters. The molecule has 0 amide bonds. The van der Waals surface area contributed by atoms with Gasteiger partial charge < -0.3 is 10.4 Å². The maximum atomic E-state index is 9.83. The third-order valence-corrected chi connectivity index (χ3v) is 3.08. The van der Waals surface area contributed by atoms with E-state index in [-0.39, 0.29) is 0 Å². The first-order chi connectivity index (χ1) is 9.24. The van der Waals surface area contributed by atoms with Crippen LogP contribution in [0.2, 0.25) is 0 Å². The summed E-state index contributed by atoms with van der Waals surface area (Å²) in [6, 6.07) is 11.8. The average Bonchev–Trinajstić information content (AvgIpc) is 2.58. The fourth-order valence-corrected chi connectivity index (χ4v) is 2.19. The highest BCUT2D eigenvalue weighted by Crippen LogP contribution is 2.23. The van der Waals surface area contributed by atoms with E-state index in [2.05, 4.69) is 21.4 Å². The summed E-state index contributed by atoms with van der Waals surface area (Å²) < 4.78 is 0. The van der Waals surface area contributed by atoms with Gasteiger partial charge in [-0.25, -0.2) is 0 Å². The predicted octanol–water partition coefficient (Wildman–Crippen LogP) is 1.97. The second-order valence-corrected chi connectivity index (χ2v) is 4.61. The van der Waals surface area contributed by atoms with Gasteiger partial charge in [0.25, 0.3) is 0 Å². The minimum absolute atomic E-state index is 0.319. The summed E-state index contributed by atoms with van der Waals surface area (Å²) in [4.78, 5) is 8.86. The van der Waals surface area contributed by atoms with Crippen LogP contribution in [0.25, 0.3) is 0 Å². The Kier molecular flexibility index (Phi) is 3.01. The number of rotatable bonds is 1. The monoisotopic (exact) mass is 253 g/mol. The number of aryl methyl sites for hydroxylation is 1. The van der Waals surface area contributed by atoms with Crippen LogP contribution < -0.4 is 5.32 Å². The SMILES string of the molecule is Cc1ccc2c(c1)C(c1ccccn1)=NCC(O)N2. The standard InChI is InChI=1S/C15H15N3O/c1-10-5-6-12-11(8-10)15(17-9-14(19)18-12)13-4-2-3-7-16-13/h2-8,14,18-19H,9H2,1H3. The van der Waals surface area contributed by atoms with Crippen LogP contribution in [0.3, 0.4) is 0 Å². The van der Waals surface area contributed by atoms with Gasteiger partial charge >= 0.3 is 0 Å². The Morgan fingerprint density at radius 3 is 2.95 bits per heavy atom. The molecule has 96 valence electrons. The summed E-state index contributed by atoms with van der Waals surface area (Å²) in [6.45, 7) is 2.36. The highest BCUT2D eigenvalue weighted by Gasteiger charge is 2.18. The summed E-state index contributed by atoms with van der Waals surface area (Å²) in [7, 11) is 0. The Balaban J connectivity index is 2.17. The Labute approximate surface area is 111 Å². The van der Waals surface area contributed by atoms with E-state index in [4.69, 9.17) is 0 Å². The summed E-state index contributed by atoms with van der Waals surface area (Å²) in [5.41, 5.74) is 4.67. The highest BCUT2D eigenvalue weighted by atomic mass is 16.3. The highest BCUT2D eigenvalue weighted by molar-refractivity contribution is 6.15. The van der Waals surface area contributed by atoms with Crippen molar-refractivity contribution in [3.05, 3.63) is 59.4 Å². The number of benzene rings is 1. The van der Waals surface area contributed by atoms with Crippen LogP contribution in [0, 0.1) is 6.92 Å². The first-order valence-electron chi connectivity index (χ1n) is 6.25. The number of fused-ring (bicyclic) bond motifs is 1. The van der Waals surface area contributed by atoms with Crippen LogP contribution in [-0.4, -0.2) is 28.6 Å². The number of hydrogen-bond acceptors (Lipinski definition) is 4. The topological polar surface area (TPSA) is 57.5 Å². The van der Waals surface area contributed by atoms with Crippen molar-refractivity contribution in [1.82, 2.24) is 4.98 Å². The molecule has 0 spiro atoms. The van der Waals surface area contributed by atoms with Crippen LogP contribution in [0.4, 0.5) is 5.69 Å². The summed E-state index contributed by atoms with van der Waals surface area (Å²) >= 11 is 0. The van der Waals surface area contributed by atoms with Gasteiger partial charge in [0.05, 0.1) is 18.0 Å². The first-order valence-corrected chi connectivity index (χ1v) is 6.25. The zero-order valence-electron chi connectivity index (χ0n) is 10.7. The lowest BCUT2D eigenvalue weighted by atomic mass is 10.0. The Morgan fingerprint density at radius 2 is 2.16 bits per heavy atom. The van der Waals surface area contributed by atoms with Crippen LogP contribution >= 0.6 is 0 Å². The summed E-state index contributed by atoms with van der Waals surface area (Å²) in [6.07, 6.45) is 1.09. The average molecular weight is 253 g/mol. The molecule has 0 bridgehead atoms. The van der Waals surface area contributed by atoms with Gasteiger partial charge in [-0.2, -0.15) is 0 Å². The van der Waals surface area contributed by atoms with Gasteiger partial charge in [0, 0.05) is 17.4 Å². The quantitative estimate of drug-likeness (QED) is 0.817. The Hall–Kier alpha value is -2.20. The molecule has 1 aromatic carbocycles. The van der Waals surface area contributed by atoms with E-state index in [0.29, 0.717) is 6.54 Å². The summed E-state index contributed by atoms with van der Waals surface area (Å²) in [5, 5.41) is 12.9. The fraction of sp³-hybridized carbons (Fsp3) is 0.200. The first kappa shape index (κ1) is 11.9. The summed E-state index contributed by atoms with van der Waals surface area (Å²) in [5.74, 6) is 0. The number of benzodiazepines with no additional fused rings is 1. The smallest absolute Gasteiger partial charge is 0.144 e. The molecule has 19 heavy (non-hydrogen) atoms. The van der Waals surface area contributed by atoms with Gasteiger partial charge in [-0.3, -0.25) is 9.98 Å². The van der Waals surface area contributed by atoms with Crippen LogP contribution in [0.1, 0.15) is 16.8 Å². The van der Waals surface area contributed by atoms with Crippen molar-refractivity contribution in [3.63, 3.8) is 0 Å². The van der Waals surface area contributed by atoms with Crippen molar-refractivity contribution in [2.45, 2.75) is 13.2 Å². The predicted molar refractivity (Wildman–Crippen MR) is 75.6 cm³/mol. The molecule has 2 heterocycles. The van der Waals surface area contributed by atoms with Crippen molar-refractivity contribution in [2.24, 2.45) is 4.99 Å². The van der Waals surface area contributed by atoms with Crippen molar-refractivity contribution in [2.75, 3.05) is 11.9 Å². The molecular formula is C15H15N3O. The normalized spacial score (nSPS) is 18.0. The van der Waals surface area contributed by atoms with Gasteiger partial charge in [0.2, 0.25) is 0 Å². The molecule has 4 nitrogen and oxygen atoms in total. The van der Waals surface area contributed by atoms with Gasteiger partial charge in [-0.1, -0.05) is 17.7 Å². The molecule has 0 saturated heterocycles. The number of anilines is 1. The molecule has 1 aliphatic heterocycles. The number of nitrogens with one attached hydrogen (secondary N) is 1. The van der Waals surface area contributed by atoms with E-state index < -0.39 is 6.23 Å². The zero-order valence-corrected chi connectivity index (χ0v) is 10.7. The molecule has 1 aliphatic rings. The number of aromatic nitrogens is 1. The van der Waals surface area contributed by atoms with Crippen LogP contribution in [0.5, 0.6) is 0 Å². The number of nitrogens with zero attached hydrogens (tertiary/aromatic N) is 2. The third kappa shape index (κ3) is 2.35. The van der Waals surface area contributed by atoms with Gasteiger partial charge in [0.1, 0.15) is 6.23 Å². The van der Waals surface area contributed by atoms with Crippen LogP contribution in [0.15, 0.2) is 47.6 Å². The Morgan fingerprint density at radius 1 is 1.26 bits per heavy atom. The van der Waals surface area contributed by atoms with E-state index in [1.807, 2.05) is 37.3 Å². The number of pyridine rings is 1. The van der Waals surface area contributed by atoms with E-state index in [9.17, 15) is 5.11 Å². The Bertz CT molecular complexity index is 623. The lowest BCUT2D eigenvalue weighted by molar-refractivity contribution is 0.213. The second kappa shape index (κ2) is 4.82. The molecule has 4 heteroatoms. The van der Waals surface area contributed by atoms with Crippen molar-refractivity contribution < 1.29 is 5.11 Å². The lowest BCUT2D eigenvalue weighted by Crippen LogP contribution is -2.20. The fourth-order valence-electron chi connectivity index (χ4n) is 2.19. The molecule has 0 radical (unpaired) electrons. The van der Waals surface area contributed by atoms with Crippen LogP contribution in [-0.2, 0) is 0 Å². The lowest BCUT2D eigenvalue weighted by Gasteiger charge is -2.12.